The Kier molecular flexibility index (Phi) is 5.06. The summed E-state index contributed by atoms with van der Waals surface area (Å²) >= 11 is 0. The van der Waals surface area contributed by atoms with E-state index in [0.717, 1.165) is 55.4 Å². The number of hydrogen-bond donors (Lipinski definition) is 1. The average molecular weight is 393 g/mol. The molecule has 1 amide bonds. The molecule has 3 heterocycles. The van der Waals surface area contributed by atoms with Gasteiger partial charge in [0.15, 0.2) is 0 Å². The molecule has 7 heteroatoms. The Morgan fingerprint density at radius 2 is 1.93 bits per heavy atom. The Labute approximate surface area is 170 Å². The van der Waals surface area contributed by atoms with Crippen LogP contribution in [0, 0.1) is 0 Å². The Hall–Kier alpha value is -2.67. The summed E-state index contributed by atoms with van der Waals surface area (Å²) in [6, 6.07) is 10.7. The number of H-pyrrole nitrogens is 1. The van der Waals surface area contributed by atoms with Crippen LogP contribution < -0.4 is 0 Å². The molecule has 29 heavy (non-hydrogen) atoms. The Morgan fingerprint density at radius 3 is 2.83 bits per heavy atom. The standard InChI is InChI=1S/C22H28N6O/c29-22(27-11-5-10-26(12-13-27)18-6-1-2-7-18)20-14-17(24-25-20)15-28-16-23-19-8-3-4-9-21(19)28/h3-4,8-9,14,16,18H,1-2,5-7,10-13,15H2,(H,24,25). The van der Waals surface area contributed by atoms with E-state index in [1.54, 1.807) is 0 Å². The molecule has 0 spiro atoms. The van der Waals surface area contributed by atoms with Gasteiger partial charge in [-0.2, -0.15) is 5.10 Å². The summed E-state index contributed by atoms with van der Waals surface area (Å²) in [6.45, 7) is 4.32. The van der Waals surface area contributed by atoms with E-state index in [9.17, 15) is 4.79 Å². The lowest BCUT2D eigenvalue weighted by molar-refractivity contribution is 0.0752. The highest BCUT2D eigenvalue weighted by Gasteiger charge is 2.27. The zero-order chi connectivity index (χ0) is 19.6. The molecular weight excluding hydrogens is 364 g/mol. The Bertz CT molecular complexity index is 986. The van der Waals surface area contributed by atoms with Gasteiger partial charge in [0.2, 0.25) is 0 Å². The van der Waals surface area contributed by atoms with Gasteiger partial charge in [-0.05, 0) is 37.5 Å². The summed E-state index contributed by atoms with van der Waals surface area (Å²) in [5.41, 5.74) is 3.48. The number of rotatable bonds is 4. The van der Waals surface area contributed by atoms with Gasteiger partial charge in [0.1, 0.15) is 5.69 Å². The number of imidazole rings is 1. The summed E-state index contributed by atoms with van der Waals surface area (Å²) in [7, 11) is 0. The number of aromatic nitrogens is 4. The first-order valence-corrected chi connectivity index (χ1v) is 10.8. The van der Waals surface area contributed by atoms with Crippen LogP contribution in [0.25, 0.3) is 11.0 Å². The minimum atomic E-state index is 0.0382. The molecule has 2 aliphatic rings. The molecule has 152 valence electrons. The molecule has 1 N–H and O–H groups in total. The van der Waals surface area contributed by atoms with Crippen molar-refractivity contribution in [3.8, 4) is 0 Å². The maximum Gasteiger partial charge on any atom is 0.274 e. The third kappa shape index (κ3) is 3.79. The smallest absolute Gasteiger partial charge is 0.274 e. The Morgan fingerprint density at radius 1 is 1.07 bits per heavy atom. The lowest BCUT2D eigenvalue weighted by Gasteiger charge is -2.27. The van der Waals surface area contributed by atoms with E-state index < -0.39 is 0 Å². The zero-order valence-corrected chi connectivity index (χ0v) is 16.8. The second-order valence-corrected chi connectivity index (χ2v) is 8.26. The normalized spacial score (nSPS) is 19.1. The molecule has 2 fully saturated rings. The predicted molar refractivity (Wildman–Crippen MR) is 112 cm³/mol. The summed E-state index contributed by atoms with van der Waals surface area (Å²) < 4.78 is 2.07. The lowest BCUT2D eigenvalue weighted by atomic mass is 10.2. The largest absolute Gasteiger partial charge is 0.336 e. The molecule has 1 saturated carbocycles. The Balaban J connectivity index is 1.24. The van der Waals surface area contributed by atoms with Crippen LogP contribution in [-0.2, 0) is 6.54 Å². The third-order valence-corrected chi connectivity index (χ3v) is 6.38. The van der Waals surface area contributed by atoms with E-state index >= 15 is 0 Å². The van der Waals surface area contributed by atoms with E-state index in [2.05, 4.69) is 30.7 Å². The van der Waals surface area contributed by atoms with Crippen LogP contribution in [-0.4, -0.2) is 67.7 Å². The van der Waals surface area contributed by atoms with Gasteiger partial charge in [0, 0.05) is 32.2 Å². The van der Waals surface area contributed by atoms with Crippen molar-refractivity contribution >= 4 is 16.9 Å². The van der Waals surface area contributed by atoms with Crippen LogP contribution in [0.15, 0.2) is 36.7 Å². The van der Waals surface area contributed by atoms with Crippen molar-refractivity contribution in [2.75, 3.05) is 26.2 Å². The number of para-hydroxylation sites is 2. The first kappa shape index (κ1) is 18.4. The average Bonchev–Trinajstić information content (AvgIpc) is 3.48. The van der Waals surface area contributed by atoms with Crippen LogP contribution >= 0.6 is 0 Å². The van der Waals surface area contributed by atoms with Gasteiger partial charge in [-0.25, -0.2) is 4.98 Å². The summed E-state index contributed by atoms with van der Waals surface area (Å²) in [5, 5.41) is 7.36. The number of nitrogens with zero attached hydrogens (tertiary/aromatic N) is 5. The van der Waals surface area contributed by atoms with Crippen molar-refractivity contribution in [3.63, 3.8) is 0 Å². The van der Waals surface area contributed by atoms with Crippen molar-refractivity contribution < 1.29 is 4.79 Å². The van der Waals surface area contributed by atoms with Crippen LogP contribution in [0.4, 0.5) is 0 Å². The minimum absolute atomic E-state index is 0.0382. The van der Waals surface area contributed by atoms with Crippen LogP contribution in [0.1, 0.15) is 48.3 Å². The van der Waals surface area contributed by atoms with E-state index in [0.29, 0.717) is 12.2 Å². The lowest BCUT2D eigenvalue weighted by Crippen LogP contribution is -2.38. The molecule has 1 saturated heterocycles. The van der Waals surface area contributed by atoms with E-state index in [1.165, 1.54) is 25.7 Å². The van der Waals surface area contributed by atoms with Crippen molar-refractivity contribution in [2.45, 2.75) is 44.7 Å². The van der Waals surface area contributed by atoms with Crippen molar-refractivity contribution in [1.29, 1.82) is 0 Å². The van der Waals surface area contributed by atoms with E-state index in [4.69, 9.17) is 0 Å². The fourth-order valence-corrected chi connectivity index (χ4v) is 4.81. The molecule has 1 aromatic carbocycles. The molecule has 0 radical (unpaired) electrons. The predicted octanol–water partition coefficient (Wildman–Crippen LogP) is 2.90. The summed E-state index contributed by atoms with van der Waals surface area (Å²) in [5.74, 6) is 0.0382. The number of carbonyl (C=O) groups excluding carboxylic acids is 1. The van der Waals surface area contributed by atoms with Crippen molar-refractivity contribution in [2.24, 2.45) is 0 Å². The summed E-state index contributed by atoms with van der Waals surface area (Å²) in [6.07, 6.45) is 8.22. The molecule has 3 aromatic rings. The maximum absolute atomic E-state index is 13.0. The SMILES string of the molecule is O=C(c1cc(Cn2cnc3ccccc32)[nH]n1)N1CCCN(C2CCCC2)CC1. The van der Waals surface area contributed by atoms with Crippen molar-refractivity contribution in [3.05, 3.63) is 48.0 Å². The first-order chi connectivity index (χ1) is 14.3. The van der Waals surface area contributed by atoms with Gasteiger partial charge in [-0.1, -0.05) is 25.0 Å². The van der Waals surface area contributed by atoms with Crippen molar-refractivity contribution in [1.82, 2.24) is 29.5 Å². The van der Waals surface area contributed by atoms with Crippen LogP contribution in [0.2, 0.25) is 0 Å². The molecule has 1 aliphatic heterocycles. The third-order valence-electron chi connectivity index (χ3n) is 6.38. The minimum Gasteiger partial charge on any atom is -0.336 e. The fraction of sp³-hybridized carbons (Fsp3) is 0.500. The van der Waals surface area contributed by atoms with Gasteiger partial charge in [-0.15, -0.1) is 0 Å². The number of carbonyl (C=O) groups is 1. The fourth-order valence-electron chi connectivity index (χ4n) is 4.81. The molecule has 5 rings (SSSR count). The van der Waals surface area contributed by atoms with Gasteiger partial charge >= 0.3 is 0 Å². The number of hydrogen-bond acceptors (Lipinski definition) is 4. The highest BCUT2D eigenvalue weighted by molar-refractivity contribution is 5.92. The second-order valence-electron chi connectivity index (χ2n) is 8.26. The van der Waals surface area contributed by atoms with Gasteiger partial charge in [-0.3, -0.25) is 14.8 Å². The number of fused-ring (bicyclic) bond motifs is 1. The molecule has 0 atom stereocenters. The number of benzene rings is 1. The van der Waals surface area contributed by atoms with Gasteiger partial charge < -0.3 is 9.47 Å². The number of amides is 1. The van der Waals surface area contributed by atoms with Gasteiger partial charge in [0.05, 0.1) is 29.6 Å². The molecular formula is C22H28N6O. The summed E-state index contributed by atoms with van der Waals surface area (Å²) in [4.78, 5) is 22.0. The molecule has 2 aromatic heterocycles. The van der Waals surface area contributed by atoms with Gasteiger partial charge in [0.25, 0.3) is 5.91 Å². The van der Waals surface area contributed by atoms with Crippen LogP contribution in [0.3, 0.4) is 0 Å². The van der Waals surface area contributed by atoms with E-state index in [-0.39, 0.29) is 5.91 Å². The van der Waals surface area contributed by atoms with Crippen LogP contribution in [0.5, 0.6) is 0 Å². The highest BCUT2D eigenvalue weighted by atomic mass is 16.2. The maximum atomic E-state index is 13.0. The number of nitrogens with one attached hydrogen (secondary N) is 1. The topological polar surface area (TPSA) is 70.0 Å². The molecule has 0 unspecified atom stereocenters. The molecule has 0 bridgehead atoms. The quantitative estimate of drug-likeness (QED) is 0.741. The monoisotopic (exact) mass is 392 g/mol. The second kappa shape index (κ2) is 7.99. The zero-order valence-electron chi connectivity index (χ0n) is 16.8. The molecule has 1 aliphatic carbocycles. The van der Waals surface area contributed by atoms with E-state index in [1.807, 2.05) is 35.5 Å². The number of aromatic amines is 1. The first-order valence-electron chi connectivity index (χ1n) is 10.8. The molecule has 7 nitrogen and oxygen atoms in total. The highest BCUT2D eigenvalue weighted by Crippen LogP contribution is 2.24.